The fraction of sp³-hybridized carbons (Fsp3) is 0.267. The Morgan fingerprint density at radius 1 is 1.21 bits per heavy atom. The van der Waals surface area contributed by atoms with Crippen molar-refractivity contribution in [1.29, 1.82) is 0 Å². The summed E-state index contributed by atoms with van der Waals surface area (Å²) >= 11 is 5.93. The molecule has 0 bridgehead atoms. The molecule has 0 unspecified atom stereocenters. The molecule has 0 radical (unpaired) electrons. The van der Waals surface area contributed by atoms with Crippen LogP contribution in [0, 0.1) is 0 Å². The van der Waals surface area contributed by atoms with Crippen molar-refractivity contribution in [2.24, 2.45) is 0 Å². The molecule has 1 aromatic heterocycles. The Bertz CT molecular complexity index is 528. The van der Waals surface area contributed by atoms with Crippen LogP contribution in [-0.4, -0.2) is 16.4 Å². The minimum Gasteiger partial charge on any atom is -0.398 e. The minimum absolute atomic E-state index is 0.608. The molecule has 1 aromatic carbocycles. The summed E-state index contributed by atoms with van der Waals surface area (Å²) in [7, 11) is 0. The van der Waals surface area contributed by atoms with Crippen LogP contribution in [0.2, 0.25) is 5.02 Å². The van der Waals surface area contributed by atoms with Gasteiger partial charge in [0, 0.05) is 19.3 Å². The van der Waals surface area contributed by atoms with Gasteiger partial charge in [0.15, 0.2) is 0 Å². The van der Waals surface area contributed by atoms with E-state index >= 15 is 0 Å². The molecule has 100 valence electrons. The lowest BCUT2D eigenvalue weighted by Crippen LogP contribution is -2.22. The van der Waals surface area contributed by atoms with E-state index in [-0.39, 0.29) is 0 Å². The van der Waals surface area contributed by atoms with Gasteiger partial charge in [-0.25, -0.2) is 0 Å². The second kappa shape index (κ2) is 6.55. The Balaban J connectivity index is 2.04. The van der Waals surface area contributed by atoms with Crippen molar-refractivity contribution in [2.75, 3.05) is 12.3 Å². The second-order valence-corrected chi connectivity index (χ2v) is 4.89. The second-order valence-electron chi connectivity index (χ2n) is 4.48. The molecule has 2 rings (SSSR count). The molecule has 0 aliphatic heterocycles. The van der Waals surface area contributed by atoms with Gasteiger partial charge >= 0.3 is 0 Å². The van der Waals surface area contributed by atoms with Crippen molar-refractivity contribution < 1.29 is 0 Å². The Hall–Kier alpha value is -1.58. The summed E-state index contributed by atoms with van der Waals surface area (Å²) in [5, 5.41) is 0.608. The zero-order valence-corrected chi connectivity index (χ0v) is 11.8. The van der Waals surface area contributed by atoms with Crippen LogP contribution < -0.4 is 5.73 Å². The maximum absolute atomic E-state index is 5.93. The Labute approximate surface area is 119 Å². The average molecular weight is 276 g/mol. The number of hydrogen-bond acceptors (Lipinski definition) is 3. The maximum atomic E-state index is 5.93. The van der Waals surface area contributed by atoms with Crippen LogP contribution in [0.15, 0.2) is 42.6 Å². The summed E-state index contributed by atoms with van der Waals surface area (Å²) < 4.78 is 0. The van der Waals surface area contributed by atoms with Gasteiger partial charge in [-0.15, -0.1) is 0 Å². The smallest absolute Gasteiger partial charge is 0.0635 e. The minimum atomic E-state index is 0.608. The predicted octanol–water partition coefficient (Wildman–Crippen LogP) is 3.34. The largest absolute Gasteiger partial charge is 0.398 e. The average Bonchev–Trinajstić information content (AvgIpc) is 2.43. The SMILES string of the molecule is CCN(Cc1ccc(Cl)c(N)c1)Cc1ccccn1. The van der Waals surface area contributed by atoms with Crippen molar-refractivity contribution in [1.82, 2.24) is 9.88 Å². The third-order valence-electron chi connectivity index (χ3n) is 3.03. The van der Waals surface area contributed by atoms with Gasteiger partial charge in [-0.1, -0.05) is 30.7 Å². The number of benzene rings is 1. The highest BCUT2D eigenvalue weighted by atomic mass is 35.5. The van der Waals surface area contributed by atoms with Crippen molar-refractivity contribution in [3.8, 4) is 0 Å². The van der Waals surface area contributed by atoms with E-state index in [1.807, 2.05) is 42.6 Å². The van der Waals surface area contributed by atoms with Gasteiger partial charge in [-0.3, -0.25) is 9.88 Å². The van der Waals surface area contributed by atoms with Crippen LogP contribution in [0.4, 0.5) is 5.69 Å². The quantitative estimate of drug-likeness (QED) is 0.851. The highest BCUT2D eigenvalue weighted by Gasteiger charge is 2.06. The van der Waals surface area contributed by atoms with Crippen LogP contribution in [0.25, 0.3) is 0 Å². The summed E-state index contributed by atoms with van der Waals surface area (Å²) in [6.45, 7) is 4.77. The van der Waals surface area contributed by atoms with Crippen molar-refractivity contribution in [3.63, 3.8) is 0 Å². The highest BCUT2D eigenvalue weighted by Crippen LogP contribution is 2.20. The number of nitrogen functional groups attached to an aromatic ring is 1. The fourth-order valence-corrected chi connectivity index (χ4v) is 2.07. The number of halogens is 1. The molecule has 4 heteroatoms. The van der Waals surface area contributed by atoms with E-state index in [0.29, 0.717) is 10.7 Å². The zero-order valence-electron chi connectivity index (χ0n) is 11.0. The number of aromatic nitrogens is 1. The van der Waals surface area contributed by atoms with E-state index in [4.69, 9.17) is 17.3 Å². The van der Waals surface area contributed by atoms with Gasteiger partial charge in [0.2, 0.25) is 0 Å². The summed E-state index contributed by atoms with van der Waals surface area (Å²) in [4.78, 5) is 6.66. The summed E-state index contributed by atoms with van der Waals surface area (Å²) in [6.07, 6.45) is 1.82. The van der Waals surface area contributed by atoms with E-state index < -0.39 is 0 Å². The predicted molar refractivity (Wildman–Crippen MR) is 79.9 cm³/mol. The molecule has 0 atom stereocenters. The van der Waals surface area contributed by atoms with Gasteiger partial charge in [0.1, 0.15) is 0 Å². The van der Waals surface area contributed by atoms with Crippen LogP contribution in [0.3, 0.4) is 0 Å². The molecule has 0 fully saturated rings. The first-order valence-electron chi connectivity index (χ1n) is 6.35. The lowest BCUT2D eigenvalue weighted by atomic mass is 10.2. The molecule has 2 aromatic rings. The molecule has 3 nitrogen and oxygen atoms in total. The number of rotatable bonds is 5. The molecular formula is C15H18ClN3. The van der Waals surface area contributed by atoms with Crippen molar-refractivity contribution in [2.45, 2.75) is 20.0 Å². The van der Waals surface area contributed by atoms with Gasteiger partial charge < -0.3 is 5.73 Å². The summed E-state index contributed by atoms with van der Waals surface area (Å²) in [6, 6.07) is 11.8. The maximum Gasteiger partial charge on any atom is 0.0635 e. The topological polar surface area (TPSA) is 42.1 Å². The number of pyridine rings is 1. The van der Waals surface area contributed by atoms with Gasteiger partial charge in [0.05, 0.1) is 16.4 Å². The molecule has 1 heterocycles. The molecular weight excluding hydrogens is 258 g/mol. The number of nitrogens with zero attached hydrogens (tertiary/aromatic N) is 2. The van der Waals surface area contributed by atoms with Crippen LogP contribution in [0.1, 0.15) is 18.2 Å². The summed E-state index contributed by atoms with van der Waals surface area (Å²) in [5.41, 5.74) is 8.70. The number of nitrogens with two attached hydrogens (primary N) is 1. The van der Waals surface area contributed by atoms with Crippen LogP contribution >= 0.6 is 11.6 Å². The molecule has 19 heavy (non-hydrogen) atoms. The first kappa shape index (κ1) is 13.8. The van der Waals surface area contributed by atoms with Crippen LogP contribution in [-0.2, 0) is 13.1 Å². The first-order valence-corrected chi connectivity index (χ1v) is 6.73. The first-order chi connectivity index (χ1) is 9.19. The number of hydrogen-bond donors (Lipinski definition) is 1. The van der Waals surface area contributed by atoms with E-state index in [9.17, 15) is 0 Å². The van der Waals surface area contributed by atoms with E-state index in [1.165, 1.54) is 5.56 Å². The molecule has 0 aliphatic rings. The highest BCUT2D eigenvalue weighted by molar-refractivity contribution is 6.33. The lowest BCUT2D eigenvalue weighted by molar-refractivity contribution is 0.268. The molecule has 2 N–H and O–H groups in total. The molecule has 0 aliphatic carbocycles. The van der Waals surface area contributed by atoms with E-state index in [0.717, 1.165) is 25.3 Å². The van der Waals surface area contributed by atoms with Crippen molar-refractivity contribution in [3.05, 3.63) is 58.9 Å². The standard InChI is InChI=1S/C15H18ClN3/c1-2-19(11-13-5-3-4-8-18-13)10-12-6-7-14(16)15(17)9-12/h3-9H,2,10-11,17H2,1H3. The monoisotopic (exact) mass is 275 g/mol. The van der Waals surface area contributed by atoms with E-state index in [1.54, 1.807) is 0 Å². The Morgan fingerprint density at radius 3 is 2.68 bits per heavy atom. The summed E-state index contributed by atoms with van der Waals surface area (Å²) in [5.74, 6) is 0. The van der Waals surface area contributed by atoms with Gasteiger partial charge in [0.25, 0.3) is 0 Å². The molecule has 0 saturated carbocycles. The molecule has 0 spiro atoms. The third-order valence-corrected chi connectivity index (χ3v) is 3.37. The molecule has 0 amide bonds. The zero-order chi connectivity index (χ0) is 13.7. The fourth-order valence-electron chi connectivity index (χ4n) is 1.95. The molecule has 0 saturated heterocycles. The third kappa shape index (κ3) is 3.94. The Kier molecular flexibility index (Phi) is 4.77. The van der Waals surface area contributed by atoms with Gasteiger partial charge in [-0.05, 0) is 36.4 Å². The number of anilines is 1. The van der Waals surface area contributed by atoms with Gasteiger partial charge in [-0.2, -0.15) is 0 Å². The van der Waals surface area contributed by atoms with E-state index in [2.05, 4.69) is 16.8 Å². The van der Waals surface area contributed by atoms with Crippen LogP contribution in [0.5, 0.6) is 0 Å². The normalized spacial score (nSPS) is 10.9. The lowest BCUT2D eigenvalue weighted by Gasteiger charge is -2.20. The Morgan fingerprint density at radius 2 is 2.05 bits per heavy atom. The van der Waals surface area contributed by atoms with Crippen molar-refractivity contribution >= 4 is 17.3 Å².